The molecule has 0 N–H and O–H groups in total. The third-order valence-electron chi connectivity index (χ3n) is 0.727. The Morgan fingerprint density at radius 2 is 2.25 bits per heavy atom. The van der Waals surface area contributed by atoms with Crippen molar-refractivity contribution in [2.45, 2.75) is 0 Å². The van der Waals surface area contributed by atoms with E-state index in [1.54, 1.807) is 6.07 Å². The van der Waals surface area contributed by atoms with E-state index in [-0.39, 0.29) is 5.82 Å². The van der Waals surface area contributed by atoms with Crippen LogP contribution in [-0.2, 0) is 0 Å². The summed E-state index contributed by atoms with van der Waals surface area (Å²) in [6.45, 7) is 0. The number of rotatable bonds is 0. The summed E-state index contributed by atoms with van der Waals surface area (Å²) in [4.78, 5) is 3.74. The minimum atomic E-state index is -0.267. The van der Waals surface area contributed by atoms with E-state index >= 15 is 0 Å². The van der Waals surface area contributed by atoms with Crippen molar-refractivity contribution in [3.8, 4) is 0 Å². The molecule has 1 rings (SSSR count). The van der Waals surface area contributed by atoms with Gasteiger partial charge in [0, 0.05) is 0 Å². The van der Waals surface area contributed by atoms with Crippen molar-refractivity contribution < 1.29 is 4.39 Å². The Balaban J connectivity index is 3.03. The molecule has 3 heteroatoms. The van der Waals surface area contributed by atoms with E-state index in [9.17, 15) is 4.39 Å². The van der Waals surface area contributed by atoms with Crippen LogP contribution in [-0.4, -0.2) is 27.5 Å². The SMILES string of the molecule is Fc1cc[c]([Sn])nc1. The first kappa shape index (κ1) is 6.01. The zero-order chi connectivity index (χ0) is 5.98. The first-order chi connectivity index (χ1) is 3.79. The van der Waals surface area contributed by atoms with E-state index in [1.165, 1.54) is 34.8 Å². The molecule has 0 aliphatic rings. The van der Waals surface area contributed by atoms with Crippen LogP contribution in [0.25, 0.3) is 0 Å². The molecule has 1 aromatic heterocycles. The topological polar surface area (TPSA) is 12.9 Å². The van der Waals surface area contributed by atoms with E-state index in [2.05, 4.69) is 4.98 Å². The third kappa shape index (κ3) is 1.43. The van der Waals surface area contributed by atoms with Crippen LogP contribution >= 0.6 is 0 Å². The van der Waals surface area contributed by atoms with E-state index in [0.29, 0.717) is 0 Å². The molecule has 0 fully saturated rings. The van der Waals surface area contributed by atoms with E-state index < -0.39 is 0 Å². The maximum atomic E-state index is 12.0. The Labute approximate surface area is 60.0 Å². The predicted molar refractivity (Wildman–Crippen MR) is 29.6 cm³/mol. The molecule has 0 bridgehead atoms. The Morgan fingerprint density at radius 1 is 1.50 bits per heavy atom. The molecule has 0 unspecified atom stereocenters. The summed E-state index contributed by atoms with van der Waals surface area (Å²) in [6, 6.07) is 3.09. The summed E-state index contributed by atoms with van der Waals surface area (Å²) >= 11 is 1.22. The van der Waals surface area contributed by atoms with Gasteiger partial charge in [0.25, 0.3) is 0 Å². The number of halogens is 1. The minimum absolute atomic E-state index is 0.267. The van der Waals surface area contributed by atoms with Crippen molar-refractivity contribution in [2.24, 2.45) is 0 Å². The second-order valence-electron chi connectivity index (χ2n) is 1.36. The molecule has 39 valence electrons. The average molecular weight is 215 g/mol. The molecule has 0 amide bonds. The molecule has 3 radical (unpaired) electrons. The summed E-state index contributed by atoms with van der Waals surface area (Å²) < 4.78 is 13.0. The monoisotopic (exact) mass is 216 g/mol. The Bertz CT molecular complexity index is 151. The number of nitrogens with zero attached hydrogens (tertiary/aromatic N) is 1. The molecular weight excluding hydrogens is 212 g/mol. The van der Waals surface area contributed by atoms with Crippen LogP contribution in [0.2, 0.25) is 0 Å². The van der Waals surface area contributed by atoms with Crippen molar-refractivity contribution in [1.29, 1.82) is 0 Å². The molecule has 1 aromatic rings. The molecule has 1 heterocycles. The summed E-state index contributed by atoms with van der Waals surface area (Å²) in [5, 5.41) is 0. The van der Waals surface area contributed by atoms with Crippen LogP contribution < -0.4 is 3.71 Å². The first-order valence-corrected chi connectivity index (χ1v) is 3.55. The van der Waals surface area contributed by atoms with Crippen LogP contribution in [0, 0.1) is 5.82 Å². The van der Waals surface area contributed by atoms with E-state index in [4.69, 9.17) is 0 Å². The number of hydrogen-bond donors (Lipinski definition) is 0. The molecule has 0 atom stereocenters. The molecule has 0 saturated carbocycles. The maximum absolute atomic E-state index is 12.0. The van der Waals surface area contributed by atoms with Gasteiger partial charge in [-0.15, -0.1) is 0 Å². The van der Waals surface area contributed by atoms with Gasteiger partial charge in [-0.05, 0) is 0 Å². The quantitative estimate of drug-likeness (QED) is 0.555. The number of pyridine rings is 1. The van der Waals surface area contributed by atoms with Gasteiger partial charge in [0.2, 0.25) is 0 Å². The summed E-state index contributed by atoms with van der Waals surface area (Å²) in [6.07, 6.45) is 1.23. The predicted octanol–water partition coefficient (Wildman–Crippen LogP) is 0.0145. The van der Waals surface area contributed by atoms with Crippen LogP contribution in [0.3, 0.4) is 0 Å². The number of hydrogen-bond acceptors (Lipinski definition) is 1. The van der Waals surface area contributed by atoms with Crippen molar-refractivity contribution in [2.75, 3.05) is 0 Å². The summed E-state index contributed by atoms with van der Waals surface area (Å²) in [5.74, 6) is -0.267. The fraction of sp³-hybridized carbons (Fsp3) is 0. The van der Waals surface area contributed by atoms with Crippen molar-refractivity contribution in [3.05, 3.63) is 24.1 Å². The Morgan fingerprint density at radius 3 is 2.62 bits per heavy atom. The normalized spacial score (nSPS) is 9.25. The van der Waals surface area contributed by atoms with Gasteiger partial charge in [-0.1, -0.05) is 0 Å². The Kier molecular flexibility index (Phi) is 1.83. The van der Waals surface area contributed by atoms with Crippen LogP contribution in [0.4, 0.5) is 4.39 Å². The molecule has 0 aliphatic heterocycles. The van der Waals surface area contributed by atoms with E-state index in [1.807, 2.05) is 0 Å². The third-order valence-corrected chi connectivity index (χ3v) is 1.57. The molecule has 1 nitrogen and oxygen atoms in total. The van der Waals surface area contributed by atoms with Gasteiger partial charge < -0.3 is 0 Å². The van der Waals surface area contributed by atoms with Gasteiger partial charge >= 0.3 is 59.8 Å². The Hall–Kier alpha value is -0.121. The van der Waals surface area contributed by atoms with Gasteiger partial charge in [-0.2, -0.15) is 0 Å². The zero-order valence-corrected chi connectivity index (χ0v) is 6.91. The van der Waals surface area contributed by atoms with Crippen molar-refractivity contribution in [3.63, 3.8) is 0 Å². The van der Waals surface area contributed by atoms with Gasteiger partial charge in [0.15, 0.2) is 0 Å². The summed E-state index contributed by atoms with van der Waals surface area (Å²) in [5.41, 5.74) is 0. The summed E-state index contributed by atoms with van der Waals surface area (Å²) in [7, 11) is 0. The molecule has 0 saturated heterocycles. The fourth-order valence-electron chi connectivity index (χ4n) is 0.376. The standard InChI is InChI=1S/C5H3FN.Sn/c6-5-2-1-3-7-4-5;/h1-2,4H;. The zero-order valence-electron chi connectivity index (χ0n) is 4.06. The second kappa shape index (κ2) is 2.44. The second-order valence-corrected chi connectivity index (χ2v) is 2.82. The number of aromatic nitrogens is 1. The average Bonchev–Trinajstić information content (AvgIpc) is 1.77. The van der Waals surface area contributed by atoms with Gasteiger partial charge in [0.1, 0.15) is 0 Å². The molecular formula is C5H3FNSn. The van der Waals surface area contributed by atoms with Crippen molar-refractivity contribution in [1.82, 2.24) is 4.98 Å². The van der Waals surface area contributed by atoms with Gasteiger partial charge in [0.05, 0.1) is 0 Å². The van der Waals surface area contributed by atoms with Gasteiger partial charge in [-0.25, -0.2) is 0 Å². The van der Waals surface area contributed by atoms with Crippen LogP contribution in [0.1, 0.15) is 0 Å². The molecule has 8 heavy (non-hydrogen) atoms. The van der Waals surface area contributed by atoms with E-state index in [0.717, 1.165) is 3.71 Å². The first-order valence-electron chi connectivity index (χ1n) is 2.12. The van der Waals surface area contributed by atoms with Crippen molar-refractivity contribution >= 4 is 26.2 Å². The van der Waals surface area contributed by atoms with Gasteiger partial charge in [-0.3, -0.25) is 0 Å². The molecule has 0 aliphatic carbocycles. The fourth-order valence-corrected chi connectivity index (χ4v) is 0.798. The molecule has 0 aromatic carbocycles. The molecule has 0 spiro atoms. The van der Waals surface area contributed by atoms with Crippen LogP contribution in [0.15, 0.2) is 18.3 Å². The van der Waals surface area contributed by atoms with Crippen LogP contribution in [0.5, 0.6) is 0 Å².